The molecule has 16 atom stereocenters. The summed E-state index contributed by atoms with van der Waals surface area (Å²) < 4.78 is 28.8. The van der Waals surface area contributed by atoms with Gasteiger partial charge in [0.1, 0.15) is 24.4 Å². The van der Waals surface area contributed by atoms with E-state index in [1.54, 1.807) is 12.1 Å². The second-order valence-electron chi connectivity index (χ2n) is 36.0. The molecule has 0 aliphatic heterocycles. The third-order valence-corrected chi connectivity index (χ3v) is 31.9. The molecule has 12 saturated carbocycles. The third kappa shape index (κ3) is 9.58. The molecule has 0 saturated heterocycles. The first-order valence-corrected chi connectivity index (χ1v) is 36.8. The van der Waals surface area contributed by atoms with Crippen LogP contribution in [0.15, 0.2) is 12.1 Å². The van der Waals surface area contributed by atoms with E-state index >= 15 is 19.2 Å². The summed E-state index contributed by atoms with van der Waals surface area (Å²) >= 11 is 0. The van der Waals surface area contributed by atoms with E-state index in [0.717, 1.165) is 77.0 Å². The van der Waals surface area contributed by atoms with Crippen LogP contribution in [-0.4, -0.2) is 48.3 Å². The molecule has 8 bridgehead atoms. The van der Waals surface area contributed by atoms with Crippen molar-refractivity contribution in [3.8, 4) is 0 Å². The molecule has 12 aliphatic carbocycles. The molecule has 8 nitrogen and oxygen atoms in total. The fraction of sp³-hybridized carbons (Fsp3) is 0.872. The first-order valence-electron chi connectivity index (χ1n) is 36.8. The molecule has 0 amide bonds. The average molecular weight is 1180 g/mol. The lowest BCUT2D eigenvalue weighted by Crippen LogP contribution is -2.43. The predicted octanol–water partition coefficient (Wildman–Crippen LogP) is 20.0. The van der Waals surface area contributed by atoms with E-state index in [-0.39, 0.29) is 114 Å². The van der Waals surface area contributed by atoms with Crippen LogP contribution in [0.2, 0.25) is 0 Å². The Bertz CT molecular complexity index is 2360. The van der Waals surface area contributed by atoms with Crippen molar-refractivity contribution in [2.45, 2.75) is 313 Å². The number of ether oxygens (including phenoxy) is 4. The van der Waals surface area contributed by atoms with Crippen LogP contribution in [0.25, 0.3) is 0 Å². The summed E-state index contributed by atoms with van der Waals surface area (Å²) in [6.07, 6.45) is 36.1. The van der Waals surface area contributed by atoms with Gasteiger partial charge in [-0.3, -0.25) is 0 Å². The highest BCUT2D eigenvalue weighted by atomic mass is 16.6. The number of fused-ring (bicyclic) bond motifs is 8. The van der Waals surface area contributed by atoms with E-state index in [9.17, 15) is 0 Å². The Morgan fingerprint density at radius 2 is 0.488 bits per heavy atom. The van der Waals surface area contributed by atoms with Crippen LogP contribution < -0.4 is 0 Å². The maximum atomic E-state index is 16.2. The molecule has 0 heterocycles. The highest BCUT2D eigenvalue weighted by Gasteiger charge is 2.72. The molecule has 0 aromatic heterocycles. The Kier molecular flexibility index (Phi) is 16.2. The molecule has 12 aliphatic rings. The monoisotopic (exact) mass is 1180 g/mol. The number of hydrogen-bond donors (Lipinski definition) is 0. The van der Waals surface area contributed by atoms with Crippen molar-refractivity contribution in [1.82, 2.24) is 0 Å². The van der Waals surface area contributed by atoms with Crippen molar-refractivity contribution in [2.24, 2.45) is 114 Å². The Morgan fingerprint density at radius 1 is 0.302 bits per heavy atom. The molecule has 86 heavy (non-hydrogen) atoms. The van der Waals surface area contributed by atoms with Gasteiger partial charge >= 0.3 is 23.9 Å². The molecule has 0 radical (unpaired) electrons. The fourth-order valence-electron chi connectivity index (χ4n) is 25.3. The van der Waals surface area contributed by atoms with Gasteiger partial charge in [-0.25, -0.2) is 19.2 Å². The number of esters is 4. The van der Waals surface area contributed by atoms with Crippen molar-refractivity contribution in [3.63, 3.8) is 0 Å². The molecule has 0 unspecified atom stereocenters. The summed E-state index contributed by atoms with van der Waals surface area (Å²) in [4.78, 5) is 64.7. The standard InChI is InChI=1S/C78H118O8/c1-71(2)59-33-37-75(71,9)63(55(59)41-47-25-17-13-18-26-47)83-67(79)51-45-53(69(81)85-65-57(43-49-29-21-15-22-30-49)61-35-39-77(65,11)73(61,5)6)54(70(82)86-66-58(44-50-31-23-16-24-32-50)62-36-40-78(66,12)74(62,7)8)46-52(51)68(80)84-64-56(42-48-27-19-14-20-28-48)60-34-38-76(64,10)72(60,3)4/h45-50,55-66H,13-44H2,1-12H3/t55-,56-,57-,58-,59-,60-,61-,62-,63-,64-,65-,66-,75+,76+,77+,78+/m0/s1. The predicted molar refractivity (Wildman–Crippen MR) is 340 cm³/mol. The molecule has 478 valence electrons. The van der Waals surface area contributed by atoms with E-state index in [2.05, 4.69) is 83.1 Å². The first kappa shape index (κ1) is 61.9. The topological polar surface area (TPSA) is 105 Å². The lowest BCUT2D eigenvalue weighted by atomic mass is 9.69. The van der Waals surface area contributed by atoms with Gasteiger partial charge in [0.05, 0.1) is 22.3 Å². The minimum atomic E-state index is -0.592. The zero-order valence-electron chi connectivity index (χ0n) is 56.3. The highest BCUT2D eigenvalue weighted by molar-refractivity contribution is 6.10. The summed E-state index contributed by atoms with van der Waals surface area (Å²) in [5.41, 5.74) is -1.23. The number of carbonyl (C=O) groups is 4. The average Bonchev–Trinajstić information content (AvgIpc) is 1.57. The van der Waals surface area contributed by atoms with Crippen molar-refractivity contribution in [3.05, 3.63) is 34.4 Å². The Hall–Kier alpha value is -2.90. The van der Waals surface area contributed by atoms with Crippen molar-refractivity contribution >= 4 is 23.9 Å². The van der Waals surface area contributed by atoms with Gasteiger partial charge in [0.2, 0.25) is 0 Å². The van der Waals surface area contributed by atoms with Crippen molar-refractivity contribution in [1.29, 1.82) is 0 Å². The van der Waals surface area contributed by atoms with Crippen LogP contribution in [0.3, 0.4) is 0 Å². The molecule has 13 rings (SSSR count). The van der Waals surface area contributed by atoms with Crippen molar-refractivity contribution < 1.29 is 38.1 Å². The lowest BCUT2D eigenvalue weighted by Gasteiger charge is -2.41. The molecular formula is C78H118O8. The number of hydrogen-bond acceptors (Lipinski definition) is 8. The second kappa shape index (κ2) is 22.4. The SMILES string of the molecule is CC1(C)[C@H]2CC[C@]1(C)[C@@H](OC(=O)c1cc(C(=O)O[C@H]3[C@@H](CC4CCCCC4)[C@@H]4CC[C@@]3(C)C4(C)C)c(C(=O)O[C@H]3[C@@H](CC4CCCCC4)[C@@H]4CC[C@@]3(C)C4(C)C)cc1C(=O)O[C@H]1[C@@H](CC3CCCCC3)[C@@H]3CC[C@@]1(C)C3(C)C)[C@H]2CC1CCCCC1. The van der Waals surface area contributed by atoms with Crippen LogP contribution in [-0.2, 0) is 18.9 Å². The molecule has 0 spiro atoms. The van der Waals surface area contributed by atoms with Gasteiger partial charge < -0.3 is 18.9 Å². The van der Waals surface area contributed by atoms with Gasteiger partial charge in [0, 0.05) is 45.3 Å². The van der Waals surface area contributed by atoms with E-state index in [1.165, 1.54) is 128 Å². The summed E-state index contributed by atoms with van der Waals surface area (Å²) in [7, 11) is 0. The second-order valence-corrected chi connectivity index (χ2v) is 36.0. The van der Waals surface area contributed by atoms with Gasteiger partial charge in [0.25, 0.3) is 0 Å². The first-order chi connectivity index (χ1) is 40.8. The molecule has 1 aromatic carbocycles. The largest absolute Gasteiger partial charge is 0.458 e. The zero-order valence-corrected chi connectivity index (χ0v) is 56.3. The van der Waals surface area contributed by atoms with E-state index < -0.39 is 23.9 Å². The summed E-state index contributed by atoms with van der Waals surface area (Å²) in [6.45, 7) is 28.6. The maximum Gasteiger partial charge on any atom is 0.339 e. The van der Waals surface area contributed by atoms with Crippen LogP contribution in [0.1, 0.15) is 330 Å². The third-order valence-electron chi connectivity index (χ3n) is 31.9. The molecule has 12 fully saturated rings. The lowest BCUT2D eigenvalue weighted by molar-refractivity contribution is -0.0492. The summed E-state index contributed by atoms with van der Waals surface area (Å²) in [5.74, 6) is 2.46. The van der Waals surface area contributed by atoms with Gasteiger partial charge in [-0.15, -0.1) is 0 Å². The molecule has 8 heteroatoms. The maximum absolute atomic E-state index is 16.2. The Balaban J connectivity index is 0.927. The fourth-order valence-corrected chi connectivity index (χ4v) is 25.3. The quantitative estimate of drug-likeness (QED) is 0.119. The van der Waals surface area contributed by atoms with E-state index in [0.29, 0.717) is 47.3 Å². The van der Waals surface area contributed by atoms with Gasteiger partial charge in [-0.2, -0.15) is 0 Å². The van der Waals surface area contributed by atoms with E-state index in [1.807, 2.05) is 0 Å². The van der Waals surface area contributed by atoms with Gasteiger partial charge in [0.15, 0.2) is 0 Å². The molecular weight excluding hydrogens is 1060 g/mol. The number of benzene rings is 1. The van der Waals surface area contributed by atoms with Crippen molar-refractivity contribution in [2.75, 3.05) is 0 Å². The van der Waals surface area contributed by atoms with E-state index in [4.69, 9.17) is 18.9 Å². The Labute approximate surface area is 521 Å². The molecule has 1 aromatic rings. The van der Waals surface area contributed by atoms with Gasteiger partial charge in [-0.1, -0.05) is 212 Å². The summed E-state index contributed by atoms with van der Waals surface area (Å²) in [6, 6.07) is 3.17. The van der Waals surface area contributed by atoms with Crippen LogP contribution in [0.5, 0.6) is 0 Å². The highest BCUT2D eigenvalue weighted by Crippen LogP contribution is 2.74. The summed E-state index contributed by atoms with van der Waals surface area (Å²) in [5, 5.41) is 0. The minimum absolute atomic E-state index is 0.0249. The van der Waals surface area contributed by atoms with Gasteiger partial charge in [-0.05, 0) is 158 Å². The van der Waals surface area contributed by atoms with Crippen LogP contribution in [0, 0.1) is 114 Å². The van der Waals surface area contributed by atoms with Crippen LogP contribution >= 0.6 is 0 Å². The molecule has 0 N–H and O–H groups in total. The number of carbonyl (C=O) groups excluding carboxylic acids is 4. The number of rotatable bonds is 16. The minimum Gasteiger partial charge on any atom is -0.458 e. The normalized spacial score (nSPS) is 42.1. The van der Waals surface area contributed by atoms with Crippen LogP contribution in [0.4, 0.5) is 0 Å². The Morgan fingerprint density at radius 3 is 0.674 bits per heavy atom. The smallest absolute Gasteiger partial charge is 0.339 e. The zero-order chi connectivity index (χ0) is 60.7.